The molecule has 0 N–H and O–H groups in total. The standard InChI is InChI=1S/C27H21BN2/c1-3-13-24(14-4-1)28(25-15-5-2-6-16-25)26-17-9-7-12-23(26)21-29-30-20-19-22-11-8-10-18-27(22)30/h1-21H/b29-21+. The molecule has 0 fully saturated rings. The van der Waals surface area contributed by atoms with Crippen LogP contribution in [0.15, 0.2) is 127 Å². The number of hydrogen-bond donors (Lipinski definition) is 0. The largest absolute Gasteiger partial charge is 0.242 e. The Morgan fingerprint density at radius 1 is 0.600 bits per heavy atom. The zero-order valence-electron chi connectivity index (χ0n) is 16.6. The summed E-state index contributed by atoms with van der Waals surface area (Å²) in [5.41, 5.74) is 6.02. The van der Waals surface area contributed by atoms with Crippen molar-refractivity contribution in [2.24, 2.45) is 5.10 Å². The van der Waals surface area contributed by atoms with Gasteiger partial charge in [-0.3, -0.25) is 0 Å². The fourth-order valence-corrected chi connectivity index (χ4v) is 4.03. The summed E-state index contributed by atoms with van der Waals surface area (Å²) in [5.74, 6) is 0. The molecule has 5 rings (SSSR count). The van der Waals surface area contributed by atoms with Crippen molar-refractivity contribution in [3.63, 3.8) is 0 Å². The maximum absolute atomic E-state index is 4.79. The first-order valence-electron chi connectivity index (χ1n) is 10.2. The van der Waals surface area contributed by atoms with Crippen molar-refractivity contribution in [1.29, 1.82) is 0 Å². The fourth-order valence-electron chi connectivity index (χ4n) is 4.03. The SMILES string of the molecule is C(=N\n1ccc2ccccc21)/c1ccccc1B(c1ccccc1)c1ccccc1. The van der Waals surface area contributed by atoms with Crippen molar-refractivity contribution < 1.29 is 0 Å². The van der Waals surface area contributed by atoms with E-state index in [9.17, 15) is 0 Å². The molecule has 1 aromatic heterocycles. The minimum absolute atomic E-state index is 0.149. The van der Waals surface area contributed by atoms with E-state index in [1.54, 1.807) is 0 Å². The van der Waals surface area contributed by atoms with Crippen LogP contribution in [-0.4, -0.2) is 17.6 Å². The third kappa shape index (κ3) is 3.58. The van der Waals surface area contributed by atoms with Crippen LogP contribution in [0.5, 0.6) is 0 Å². The summed E-state index contributed by atoms with van der Waals surface area (Å²) in [6.07, 6.45) is 3.98. The zero-order valence-corrected chi connectivity index (χ0v) is 16.6. The summed E-state index contributed by atoms with van der Waals surface area (Å²) in [6.45, 7) is 0.149. The fraction of sp³-hybridized carbons (Fsp3) is 0. The van der Waals surface area contributed by atoms with Crippen LogP contribution < -0.4 is 16.4 Å². The Labute approximate surface area is 177 Å². The Balaban J connectivity index is 1.60. The van der Waals surface area contributed by atoms with Crippen LogP contribution in [0.4, 0.5) is 0 Å². The van der Waals surface area contributed by atoms with Crippen LogP contribution in [0.1, 0.15) is 5.56 Å². The minimum Gasteiger partial charge on any atom is -0.240 e. The number of rotatable bonds is 5. The molecule has 3 heteroatoms. The molecule has 0 amide bonds. The molecule has 0 radical (unpaired) electrons. The highest BCUT2D eigenvalue weighted by molar-refractivity contribution is 6.96. The van der Waals surface area contributed by atoms with E-state index in [0.717, 1.165) is 11.1 Å². The summed E-state index contributed by atoms with van der Waals surface area (Å²) in [5, 5.41) is 5.98. The Morgan fingerprint density at radius 3 is 1.93 bits per heavy atom. The molecule has 0 aliphatic heterocycles. The molecular formula is C27H21BN2. The minimum atomic E-state index is 0.149. The molecule has 5 aromatic rings. The number of aromatic nitrogens is 1. The van der Waals surface area contributed by atoms with E-state index >= 15 is 0 Å². The van der Waals surface area contributed by atoms with Gasteiger partial charge in [0.2, 0.25) is 6.71 Å². The van der Waals surface area contributed by atoms with E-state index < -0.39 is 0 Å². The van der Waals surface area contributed by atoms with Gasteiger partial charge in [-0.1, -0.05) is 120 Å². The molecule has 0 saturated heterocycles. The van der Waals surface area contributed by atoms with Gasteiger partial charge in [-0.2, -0.15) is 5.10 Å². The summed E-state index contributed by atoms with van der Waals surface area (Å²) in [4.78, 5) is 0. The quantitative estimate of drug-likeness (QED) is 0.322. The second-order valence-electron chi connectivity index (χ2n) is 7.35. The normalized spacial score (nSPS) is 11.2. The molecule has 0 aliphatic carbocycles. The van der Waals surface area contributed by atoms with Crippen molar-refractivity contribution in [1.82, 2.24) is 4.68 Å². The van der Waals surface area contributed by atoms with Gasteiger partial charge in [0, 0.05) is 11.6 Å². The third-order valence-electron chi connectivity index (χ3n) is 5.47. The van der Waals surface area contributed by atoms with Gasteiger partial charge in [0.1, 0.15) is 0 Å². The lowest BCUT2D eigenvalue weighted by Crippen LogP contribution is -2.53. The lowest BCUT2D eigenvalue weighted by Gasteiger charge is -2.17. The lowest BCUT2D eigenvalue weighted by atomic mass is 9.36. The second kappa shape index (κ2) is 8.26. The van der Waals surface area contributed by atoms with E-state index in [1.165, 1.54) is 21.8 Å². The predicted molar refractivity (Wildman–Crippen MR) is 129 cm³/mol. The Kier molecular flexibility index (Phi) is 5.01. The highest BCUT2D eigenvalue weighted by atomic mass is 15.3. The molecule has 142 valence electrons. The second-order valence-corrected chi connectivity index (χ2v) is 7.35. The smallest absolute Gasteiger partial charge is 0.240 e. The molecular weight excluding hydrogens is 363 g/mol. The molecule has 0 atom stereocenters. The van der Waals surface area contributed by atoms with Crippen molar-refractivity contribution in [3.05, 3.63) is 127 Å². The van der Waals surface area contributed by atoms with Gasteiger partial charge >= 0.3 is 0 Å². The van der Waals surface area contributed by atoms with E-state index in [4.69, 9.17) is 5.10 Å². The highest BCUT2D eigenvalue weighted by Gasteiger charge is 2.23. The predicted octanol–water partition coefficient (Wildman–Crippen LogP) is 4.04. The third-order valence-corrected chi connectivity index (χ3v) is 5.47. The number of nitrogens with zero attached hydrogens (tertiary/aromatic N) is 2. The van der Waals surface area contributed by atoms with Gasteiger partial charge in [0.05, 0.1) is 11.7 Å². The van der Waals surface area contributed by atoms with E-state index in [1.807, 2.05) is 23.2 Å². The molecule has 1 heterocycles. The van der Waals surface area contributed by atoms with Crippen molar-refractivity contribution in [2.45, 2.75) is 0 Å². The van der Waals surface area contributed by atoms with E-state index in [0.29, 0.717) is 0 Å². The number of benzene rings is 4. The Bertz CT molecular complexity index is 1250. The van der Waals surface area contributed by atoms with E-state index in [2.05, 4.69) is 109 Å². The van der Waals surface area contributed by atoms with Crippen molar-refractivity contribution in [3.8, 4) is 0 Å². The Morgan fingerprint density at radius 2 is 1.20 bits per heavy atom. The number of para-hydroxylation sites is 1. The van der Waals surface area contributed by atoms with Gasteiger partial charge in [-0.05, 0) is 17.7 Å². The topological polar surface area (TPSA) is 17.3 Å². The first kappa shape index (κ1) is 18.2. The maximum Gasteiger partial charge on any atom is 0.242 e. The Hall–Kier alpha value is -3.85. The average molecular weight is 384 g/mol. The summed E-state index contributed by atoms with van der Waals surface area (Å²) < 4.78 is 1.94. The molecule has 0 aliphatic rings. The van der Waals surface area contributed by atoms with Crippen LogP contribution in [0.2, 0.25) is 0 Å². The van der Waals surface area contributed by atoms with Crippen LogP contribution in [0, 0.1) is 0 Å². The van der Waals surface area contributed by atoms with Crippen LogP contribution in [0.3, 0.4) is 0 Å². The monoisotopic (exact) mass is 384 g/mol. The van der Waals surface area contributed by atoms with Gasteiger partial charge in [-0.25, -0.2) is 4.68 Å². The number of hydrogen-bond acceptors (Lipinski definition) is 1. The van der Waals surface area contributed by atoms with Gasteiger partial charge in [-0.15, -0.1) is 0 Å². The highest BCUT2D eigenvalue weighted by Crippen LogP contribution is 2.14. The molecule has 2 nitrogen and oxygen atoms in total. The molecule has 30 heavy (non-hydrogen) atoms. The molecule has 0 saturated carbocycles. The summed E-state index contributed by atoms with van der Waals surface area (Å²) in [6, 6.07) is 40.3. The van der Waals surface area contributed by atoms with Gasteiger partial charge < -0.3 is 0 Å². The molecule has 0 spiro atoms. The summed E-state index contributed by atoms with van der Waals surface area (Å²) in [7, 11) is 0. The van der Waals surface area contributed by atoms with Crippen LogP contribution >= 0.6 is 0 Å². The first-order chi connectivity index (χ1) is 14.9. The lowest BCUT2D eigenvalue weighted by molar-refractivity contribution is 0.933. The van der Waals surface area contributed by atoms with Crippen LogP contribution in [-0.2, 0) is 0 Å². The van der Waals surface area contributed by atoms with Gasteiger partial charge in [0.25, 0.3) is 0 Å². The average Bonchev–Trinajstić information content (AvgIpc) is 3.23. The van der Waals surface area contributed by atoms with Crippen molar-refractivity contribution >= 4 is 40.2 Å². The number of fused-ring (bicyclic) bond motifs is 1. The molecule has 0 bridgehead atoms. The van der Waals surface area contributed by atoms with Gasteiger partial charge in [0.15, 0.2) is 0 Å². The zero-order chi connectivity index (χ0) is 20.2. The first-order valence-corrected chi connectivity index (χ1v) is 10.2. The van der Waals surface area contributed by atoms with E-state index in [-0.39, 0.29) is 6.71 Å². The molecule has 4 aromatic carbocycles. The summed E-state index contributed by atoms with van der Waals surface area (Å²) >= 11 is 0. The molecule has 0 unspecified atom stereocenters. The van der Waals surface area contributed by atoms with Crippen LogP contribution in [0.25, 0.3) is 10.9 Å². The van der Waals surface area contributed by atoms with Crippen molar-refractivity contribution in [2.75, 3.05) is 0 Å². The maximum atomic E-state index is 4.79.